The molecule has 0 amide bonds. The molecule has 2 aromatic rings. The van der Waals surface area contributed by atoms with E-state index in [9.17, 15) is 0 Å². The van der Waals surface area contributed by atoms with Gasteiger partial charge in [-0.2, -0.15) is 0 Å². The number of nitrogens with one attached hydrogen (secondary N) is 1. The van der Waals surface area contributed by atoms with Crippen molar-refractivity contribution in [3.8, 4) is 0 Å². The molecule has 0 spiro atoms. The van der Waals surface area contributed by atoms with Gasteiger partial charge in [0.05, 0.1) is 12.9 Å². The number of hydrogen-bond donors (Lipinski definition) is 1. The molecule has 0 bridgehead atoms. The smallest absolute Gasteiger partial charge is 0.122 e. The molecule has 0 atom stereocenters. The lowest BCUT2D eigenvalue weighted by Crippen LogP contribution is -2.36. The second-order valence-corrected chi connectivity index (χ2v) is 5.44. The molecule has 18 heavy (non-hydrogen) atoms. The third-order valence-electron chi connectivity index (χ3n) is 2.74. The minimum absolute atomic E-state index is 0.112. The highest BCUT2D eigenvalue weighted by Gasteiger charge is 2.10. The predicted octanol–water partition coefficient (Wildman–Crippen LogP) is 1.67. The van der Waals surface area contributed by atoms with Gasteiger partial charge in [0.25, 0.3) is 0 Å². The van der Waals surface area contributed by atoms with Crippen molar-refractivity contribution in [3.63, 3.8) is 0 Å². The molecule has 2 heterocycles. The van der Waals surface area contributed by atoms with Crippen molar-refractivity contribution in [2.24, 2.45) is 0 Å². The number of aromatic nitrogens is 4. The van der Waals surface area contributed by atoms with Gasteiger partial charge in [-0.3, -0.25) is 0 Å². The van der Waals surface area contributed by atoms with Gasteiger partial charge in [-0.15, -0.1) is 0 Å². The highest BCUT2D eigenvalue weighted by molar-refractivity contribution is 4.93. The summed E-state index contributed by atoms with van der Waals surface area (Å²) in [4.78, 5) is 8.43. The first-order valence-corrected chi connectivity index (χ1v) is 6.25. The Hall–Kier alpha value is -1.62. The fourth-order valence-electron chi connectivity index (χ4n) is 1.70. The van der Waals surface area contributed by atoms with E-state index in [4.69, 9.17) is 0 Å². The minimum atomic E-state index is 0.112. The van der Waals surface area contributed by atoms with Crippen LogP contribution in [0.2, 0.25) is 0 Å². The van der Waals surface area contributed by atoms with E-state index in [0.717, 1.165) is 25.5 Å². The van der Waals surface area contributed by atoms with Crippen LogP contribution in [0.4, 0.5) is 0 Å². The SMILES string of the molecule is CC(C)(C)NCc1nccn1CCn1ccnc1. The molecular formula is C13H21N5. The standard InChI is InChI=1S/C13H21N5/c1-13(2,3)16-10-12-15-5-7-18(12)9-8-17-6-4-14-11-17/h4-7,11,16H,8-10H2,1-3H3. The number of nitrogens with zero attached hydrogens (tertiary/aromatic N) is 4. The third-order valence-corrected chi connectivity index (χ3v) is 2.74. The predicted molar refractivity (Wildman–Crippen MR) is 71.0 cm³/mol. The quantitative estimate of drug-likeness (QED) is 0.874. The molecule has 0 unspecified atom stereocenters. The summed E-state index contributed by atoms with van der Waals surface area (Å²) in [5.41, 5.74) is 0.112. The molecule has 2 aromatic heterocycles. The summed E-state index contributed by atoms with van der Waals surface area (Å²) in [5.74, 6) is 1.07. The largest absolute Gasteiger partial charge is 0.336 e. The van der Waals surface area contributed by atoms with Crippen LogP contribution in [0, 0.1) is 0 Å². The molecule has 5 heteroatoms. The topological polar surface area (TPSA) is 47.7 Å². The van der Waals surface area contributed by atoms with Crippen LogP contribution in [0.15, 0.2) is 31.1 Å². The molecule has 2 rings (SSSR count). The second kappa shape index (κ2) is 5.35. The molecule has 1 N–H and O–H groups in total. The summed E-state index contributed by atoms with van der Waals surface area (Å²) in [6.45, 7) is 9.10. The van der Waals surface area contributed by atoms with Gasteiger partial charge >= 0.3 is 0 Å². The molecule has 0 aromatic carbocycles. The van der Waals surface area contributed by atoms with E-state index in [0.29, 0.717) is 0 Å². The Morgan fingerprint density at radius 1 is 1.17 bits per heavy atom. The van der Waals surface area contributed by atoms with Gasteiger partial charge in [-0.05, 0) is 20.8 Å². The molecule has 0 aliphatic rings. The Kier molecular flexibility index (Phi) is 3.81. The summed E-state index contributed by atoms with van der Waals surface area (Å²) in [6.07, 6.45) is 9.49. The van der Waals surface area contributed by atoms with E-state index in [2.05, 4.69) is 45.2 Å². The maximum atomic E-state index is 4.39. The zero-order valence-corrected chi connectivity index (χ0v) is 11.3. The number of rotatable bonds is 5. The Morgan fingerprint density at radius 3 is 2.67 bits per heavy atom. The molecule has 0 radical (unpaired) electrons. The Labute approximate surface area is 108 Å². The molecule has 0 saturated heterocycles. The molecule has 0 aliphatic carbocycles. The van der Waals surface area contributed by atoms with Crippen LogP contribution >= 0.6 is 0 Å². The van der Waals surface area contributed by atoms with Gasteiger partial charge in [-0.25, -0.2) is 9.97 Å². The van der Waals surface area contributed by atoms with Crippen molar-refractivity contribution in [3.05, 3.63) is 36.9 Å². The van der Waals surface area contributed by atoms with E-state index < -0.39 is 0 Å². The number of imidazole rings is 2. The maximum Gasteiger partial charge on any atom is 0.122 e. The third kappa shape index (κ3) is 3.70. The van der Waals surface area contributed by atoms with Crippen molar-refractivity contribution >= 4 is 0 Å². The van der Waals surface area contributed by atoms with Crippen LogP contribution < -0.4 is 5.32 Å². The zero-order valence-electron chi connectivity index (χ0n) is 11.3. The van der Waals surface area contributed by atoms with E-state index in [-0.39, 0.29) is 5.54 Å². The molecule has 0 fully saturated rings. The zero-order chi connectivity index (χ0) is 13.0. The lowest BCUT2D eigenvalue weighted by atomic mass is 10.1. The maximum absolute atomic E-state index is 4.39. The first-order chi connectivity index (χ1) is 8.54. The van der Waals surface area contributed by atoms with Crippen LogP contribution in [0.5, 0.6) is 0 Å². The normalized spacial score (nSPS) is 11.9. The van der Waals surface area contributed by atoms with Crippen LogP contribution in [0.1, 0.15) is 26.6 Å². The molecule has 0 saturated carbocycles. The van der Waals surface area contributed by atoms with E-state index >= 15 is 0 Å². The number of hydrogen-bond acceptors (Lipinski definition) is 3. The fourth-order valence-corrected chi connectivity index (χ4v) is 1.70. The summed E-state index contributed by atoms with van der Waals surface area (Å²) < 4.78 is 4.25. The van der Waals surface area contributed by atoms with Crippen molar-refractivity contribution in [1.29, 1.82) is 0 Å². The highest BCUT2D eigenvalue weighted by atomic mass is 15.1. The van der Waals surface area contributed by atoms with Gasteiger partial charge < -0.3 is 14.5 Å². The van der Waals surface area contributed by atoms with Crippen LogP contribution in [-0.2, 0) is 19.6 Å². The number of aryl methyl sites for hydroxylation is 2. The lowest BCUT2D eigenvalue weighted by molar-refractivity contribution is 0.409. The first kappa shape index (κ1) is 12.8. The van der Waals surface area contributed by atoms with E-state index in [1.54, 1.807) is 6.20 Å². The molecule has 0 aliphatic heterocycles. The monoisotopic (exact) mass is 247 g/mol. The summed E-state index contributed by atoms with van der Waals surface area (Å²) in [7, 11) is 0. The molecule has 98 valence electrons. The van der Waals surface area contributed by atoms with Crippen molar-refractivity contribution < 1.29 is 0 Å². The van der Waals surface area contributed by atoms with Crippen molar-refractivity contribution in [2.75, 3.05) is 0 Å². The van der Waals surface area contributed by atoms with Gasteiger partial charge in [0.1, 0.15) is 5.82 Å². The summed E-state index contributed by atoms with van der Waals surface area (Å²) >= 11 is 0. The van der Waals surface area contributed by atoms with Gasteiger partial charge in [0.15, 0.2) is 0 Å². The summed E-state index contributed by atoms with van der Waals surface area (Å²) in [5, 5.41) is 3.46. The lowest BCUT2D eigenvalue weighted by Gasteiger charge is -2.20. The average Bonchev–Trinajstić information content (AvgIpc) is 2.94. The van der Waals surface area contributed by atoms with Crippen molar-refractivity contribution in [1.82, 2.24) is 24.4 Å². The van der Waals surface area contributed by atoms with Crippen molar-refractivity contribution in [2.45, 2.75) is 45.9 Å². The van der Waals surface area contributed by atoms with Crippen LogP contribution in [0.25, 0.3) is 0 Å². The molecular weight excluding hydrogens is 226 g/mol. The van der Waals surface area contributed by atoms with Gasteiger partial charge in [-0.1, -0.05) is 0 Å². The Balaban J connectivity index is 1.91. The van der Waals surface area contributed by atoms with E-state index in [1.807, 2.05) is 24.9 Å². The van der Waals surface area contributed by atoms with Gasteiger partial charge in [0.2, 0.25) is 0 Å². The van der Waals surface area contributed by atoms with E-state index in [1.165, 1.54) is 0 Å². The average molecular weight is 247 g/mol. The van der Waals surface area contributed by atoms with Gasteiger partial charge in [0, 0.05) is 43.4 Å². The Morgan fingerprint density at radius 2 is 2.00 bits per heavy atom. The van der Waals surface area contributed by atoms with Crippen LogP contribution in [-0.4, -0.2) is 24.6 Å². The second-order valence-electron chi connectivity index (χ2n) is 5.44. The summed E-state index contributed by atoms with van der Waals surface area (Å²) in [6, 6.07) is 0. The fraction of sp³-hybridized carbons (Fsp3) is 0.538. The first-order valence-electron chi connectivity index (χ1n) is 6.25. The minimum Gasteiger partial charge on any atom is -0.336 e. The molecule has 5 nitrogen and oxygen atoms in total. The highest BCUT2D eigenvalue weighted by Crippen LogP contribution is 2.04. The van der Waals surface area contributed by atoms with Crippen LogP contribution in [0.3, 0.4) is 0 Å². The Bertz CT molecular complexity index is 464.